The summed E-state index contributed by atoms with van der Waals surface area (Å²) in [7, 11) is 0. The summed E-state index contributed by atoms with van der Waals surface area (Å²) < 4.78 is 5.68. The quantitative estimate of drug-likeness (QED) is 0.404. The van der Waals surface area contributed by atoms with E-state index in [0.29, 0.717) is 19.1 Å². The van der Waals surface area contributed by atoms with Crippen LogP contribution in [-0.2, 0) is 4.79 Å². The number of rotatable bonds is 7. The van der Waals surface area contributed by atoms with Crippen molar-refractivity contribution < 1.29 is 9.53 Å². The molecule has 24 heavy (non-hydrogen) atoms. The second-order valence-electron chi connectivity index (χ2n) is 6.59. The zero-order valence-corrected chi connectivity index (χ0v) is 15.4. The zero-order valence-electron chi connectivity index (χ0n) is 15.4. The molecule has 6 heteroatoms. The van der Waals surface area contributed by atoms with Crippen LogP contribution in [0.4, 0.5) is 0 Å². The van der Waals surface area contributed by atoms with Crippen LogP contribution in [0, 0.1) is 6.92 Å². The molecule has 0 spiro atoms. The molecule has 1 rings (SSSR count). The van der Waals surface area contributed by atoms with Gasteiger partial charge >= 0.3 is 0 Å². The molecule has 0 radical (unpaired) electrons. The van der Waals surface area contributed by atoms with Gasteiger partial charge in [-0.25, -0.2) is 4.99 Å². The average molecular weight is 334 g/mol. The van der Waals surface area contributed by atoms with E-state index in [9.17, 15) is 4.79 Å². The Morgan fingerprint density at radius 1 is 1.25 bits per heavy atom. The van der Waals surface area contributed by atoms with E-state index in [4.69, 9.17) is 4.74 Å². The average Bonchev–Trinajstić information content (AvgIpc) is 2.47. The van der Waals surface area contributed by atoms with Gasteiger partial charge < -0.3 is 20.7 Å². The number of guanidine groups is 1. The first-order valence-corrected chi connectivity index (χ1v) is 8.33. The van der Waals surface area contributed by atoms with Gasteiger partial charge in [-0.15, -0.1) is 0 Å². The minimum Gasteiger partial charge on any atom is -0.492 e. The van der Waals surface area contributed by atoms with Crippen molar-refractivity contribution in [2.45, 2.75) is 40.2 Å². The number of nitrogens with one attached hydrogen (secondary N) is 3. The normalized spacial score (nSPS) is 11.8. The number of carbonyl (C=O) groups is 1. The molecule has 1 aromatic rings. The molecule has 0 aliphatic carbocycles. The van der Waals surface area contributed by atoms with E-state index in [1.807, 2.05) is 58.9 Å². The number of hydrogen-bond donors (Lipinski definition) is 3. The Kier molecular flexibility index (Phi) is 8.09. The molecule has 0 heterocycles. The van der Waals surface area contributed by atoms with Crippen LogP contribution in [0.5, 0.6) is 5.75 Å². The Hall–Kier alpha value is -2.24. The lowest BCUT2D eigenvalue weighted by Gasteiger charge is -2.20. The van der Waals surface area contributed by atoms with Gasteiger partial charge in [0.2, 0.25) is 5.91 Å². The van der Waals surface area contributed by atoms with E-state index in [1.54, 1.807) is 0 Å². The molecule has 0 aromatic heterocycles. The Balaban J connectivity index is 2.39. The van der Waals surface area contributed by atoms with Gasteiger partial charge in [0.05, 0.1) is 6.54 Å². The molecule has 1 amide bonds. The van der Waals surface area contributed by atoms with Gasteiger partial charge in [0, 0.05) is 12.1 Å². The lowest BCUT2D eigenvalue weighted by Crippen LogP contribution is -2.43. The van der Waals surface area contributed by atoms with Gasteiger partial charge in [-0.2, -0.15) is 0 Å². The smallest absolute Gasteiger partial charge is 0.242 e. The fourth-order valence-electron chi connectivity index (χ4n) is 1.99. The maximum Gasteiger partial charge on any atom is 0.242 e. The van der Waals surface area contributed by atoms with Crippen molar-refractivity contribution in [3.05, 3.63) is 29.8 Å². The lowest BCUT2D eigenvalue weighted by atomic mass is 10.1. The third-order valence-corrected chi connectivity index (χ3v) is 2.89. The Labute approximate surface area is 145 Å². The molecule has 1 aromatic carbocycles. The number of aliphatic imine (C=N–C) groups is 1. The maximum atomic E-state index is 11.8. The number of benzene rings is 1. The van der Waals surface area contributed by atoms with Crippen LogP contribution in [0.25, 0.3) is 0 Å². The van der Waals surface area contributed by atoms with Crippen LogP contribution < -0.4 is 20.7 Å². The number of amides is 1. The van der Waals surface area contributed by atoms with Crippen LogP contribution in [-0.4, -0.2) is 43.6 Å². The molecule has 0 aliphatic rings. The number of aryl methyl sites for hydroxylation is 1. The van der Waals surface area contributed by atoms with E-state index in [2.05, 4.69) is 20.9 Å². The zero-order chi connectivity index (χ0) is 18.0. The number of ether oxygens (including phenoxy) is 1. The van der Waals surface area contributed by atoms with Crippen LogP contribution in [0.1, 0.15) is 33.3 Å². The molecule has 0 bridgehead atoms. The lowest BCUT2D eigenvalue weighted by molar-refractivity contribution is -0.121. The molecule has 0 unspecified atom stereocenters. The predicted octanol–water partition coefficient (Wildman–Crippen LogP) is 1.84. The highest BCUT2D eigenvalue weighted by molar-refractivity contribution is 5.85. The van der Waals surface area contributed by atoms with Crippen molar-refractivity contribution in [1.82, 2.24) is 16.0 Å². The Bertz CT molecular complexity index is 550. The van der Waals surface area contributed by atoms with Crippen molar-refractivity contribution in [2.75, 3.05) is 26.2 Å². The second-order valence-corrected chi connectivity index (χ2v) is 6.59. The molecule has 0 atom stereocenters. The van der Waals surface area contributed by atoms with Crippen LogP contribution in [0.2, 0.25) is 0 Å². The van der Waals surface area contributed by atoms with Gasteiger partial charge in [-0.05, 0) is 52.3 Å². The largest absolute Gasteiger partial charge is 0.492 e. The van der Waals surface area contributed by atoms with Crippen molar-refractivity contribution in [1.29, 1.82) is 0 Å². The van der Waals surface area contributed by atoms with Crippen molar-refractivity contribution in [3.8, 4) is 5.75 Å². The van der Waals surface area contributed by atoms with Gasteiger partial charge in [-0.1, -0.05) is 12.1 Å². The fraction of sp³-hybridized carbons (Fsp3) is 0.556. The van der Waals surface area contributed by atoms with E-state index in [-0.39, 0.29) is 18.0 Å². The predicted molar refractivity (Wildman–Crippen MR) is 98.6 cm³/mol. The highest BCUT2D eigenvalue weighted by Crippen LogP contribution is 2.11. The van der Waals surface area contributed by atoms with Gasteiger partial charge in [-0.3, -0.25) is 4.79 Å². The standard InChI is InChI=1S/C18H30N4O2/c1-6-19-17(21-13-16(23)22-18(3,4)5)20-10-11-24-15-9-7-8-14(2)12-15/h7-9,12H,6,10-11,13H2,1-5H3,(H,22,23)(H2,19,20,21). The van der Waals surface area contributed by atoms with E-state index in [0.717, 1.165) is 12.3 Å². The molecule has 0 saturated carbocycles. The molecular weight excluding hydrogens is 304 g/mol. The topological polar surface area (TPSA) is 74.8 Å². The molecule has 0 saturated heterocycles. The minimum atomic E-state index is -0.250. The van der Waals surface area contributed by atoms with Crippen molar-refractivity contribution in [2.24, 2.45) is 4.99 Å². The summed E-state index contributed by atoms with van der Waals surface area (Å²) >= 11 is 0. The van der Waals surface area contributed by atoms with Gasteiger partial charge in [0.1, 0.15) is 18.9 Å². The molecular formula is C18H30N4O2. The van der Waals surface area contributed by atoms with Crippen LogP contribution >= 0.6 is 0 Å². The summed E-state index contributed by atoms with van der Waals surface area (Å²) in [6.07, 6.45) is 0. The fourth-order valence-corrected chi connectivity index (χ4v) is 1.99. The third-order valence-electron chi connectivity index (χ3n) is 2.89. The summed E-state index contributed by atoms with van der Waals surface area (Å²) in [4.78, 5) is 16.1. The van der Waals surface area contributed by atoms with Crippen molar-refractivity contribution >= 4 is 11.9 Å². The summed E-state index contributed by atoms with van der Waals surface area (Å²) in [6, 6.07) is 7.93. The number of carbonyl (C=O) groups excluding carboxylic acids is 1. The van der Waals surface area contributed by atoms with Gasteiger partial charge in [0.15, 0.2) is 5.96 Å². The number of nitrogens with zero attached hydrogens (tertiary/aromatic N) is 1. The highest BCUT2D eigenvalue weighted by atomic mass is 16.5. The SMILES string of the molecule is CCNC(=NCC(=O)NC(C)(C)C)NCCOc1cccc(C)c1. The highest BCUT2D eigenvalue weighted by Gasteiger charge is 2.13. The number of hydrogen-bond acceptors (Lipinski definition) is 3. The van der Waals surface area contributed by atoms with Crippen LogP contribution in [0.15, 0.2) is 29.3 Å². The molecule has 0 aliphatic heterocycles. The first-order chi connectivity index (χ1) is 11.3. The molecule has 0 fully saturated rings. The summed E-state index contributed by atoms with van der Waals surface area (Å²) in [5, 5.41) is 9.15. The molecule has 6 nitrogen and oxygen atoms in total. The van der Waals surface area contributed by atoms with E-state index < -0.39 is 0 Å². The maximum absolute atomic E-state index is 11.8. The first kappa shape index (κ1) is 19.8. The first-order valence-electron chi connectivity index (χ1n) is 8.33. The van der Waals surface area contributed by atoms with E-state index in [1.165, 1.54) is 5.56 Å². The summed E-state index contributed by atoms with van der Waals surface area (Å²) in [5.41, 5.74) is 0.917. The Morgan fingerprint density at radius 3 is 2.62 bits per heavy atom. The van der Waals surface area contributed by atoms with Crippen LogP contribution in [0.3, 0.4) is 0 Å². The Morgan fingerprint density at radius 2 is 2.00 bits per heavy atom. The summed E-state index contributed by atoms with van der Waals surface area (Å²) in [5.74, 6) is 1.36. The van der Waals surface area contributed by atoms with Gasteiger partial charge in [0.25, 0.3) is 0 Å². The van der Waals surface area contributed by atoms with E-state index >= 15 is 0 Å². The molecule has 134 valence electrons. The van der Waals surface area contributed by atoms with Crippen molar-refractivity contribution in [3.63, 3.8) is 0 Å². The minimum absolute atomic E-state index is 0.0886. The third kappa shape index (κ3) is 9.02. The molecule has 3 N–H and O–H groups in total. The summed E-state index contributed by atoms with van der Waals surface area (Å²) in [6.45, 7) is 11.8. The second kappa shape index (κ2) is 9.80. The monoisotopic (exact) mass is 334 g/mol.